The number of aromatic nitrogens is 3. The van der Waals surface area contributed by atoms with Crippen molar-refractivity contribution in [3.05, 3.63) is 71.8 Å². The van der Waals surface area contributed by atoms with Gasteiger partial charge in [0.25, 0.3) is 0 Å². The summed E-state index contributed by atoms with van der Waals surface area (Å²) in [7, 11) is 0. The van der Waals surface area contributed by atoms with Crippen LogP contribution in [0.3, 0.4) is 0 Å². The molecule has 32 heavy (non-hydrogen) atoms. The minimum Gasteiger partial charge on any atom is -0.359 e. The minimum absolute atomic E-state index is 0.0312. The molecule has 4 aromatic rings. The van der Waals surface area contributed by atoms with Gasteiger partial charge in [0.1, 0.15) is 5.82 Å². The Morgan fingerprint density at radius 3 is 2.88 bits per heavy atom. The molecule has 0 spiro atoms. The summed E-state index contributed by atoms with van der Waals surface area (Å²) in [6.45, 7) is 1.89. The van der Waals surface area contributed by atoms with Gasteiger partial charge in [-0.2, -0.15) is 4.98 Å². The fraction of sp³-hybridized carbons (Fsp3) is 0.208. The third-order valence-corrected chi connectivity index (χ3v) is 5.28. The van der Waals surface area contributed by atoms with E-state index in [1.807, 2.05) is 37.3 Å². The normalized spacial score (nSPS) is 13.2. The molecule has 0 aliphatic heterocycles. The molecular formula is C24H23FN6O. The standard InChI is InChI=1S/C24H23FN6O/c1-14-11-18-19(27-14)7-8-20(23(18)25)30-21-9-10-26-24(31-21)29-17-4-2-3-15(12-17)13-22(32)28-16-5-6-16/h2-4,7-12,16,27H,5-6,13H2,1H3,(H,28,32)(H2,26,29,30,31). The summed E-state index contributed by atoms with van der Waals surface area (Å²) in [6, 6.07) is 14.9. The molecule has 0 radical (unpaired) electrons. The molecule has 1 aliphatic rings. The molecule has 1 amide bonds. The number of halogens is 1. The summed E-state index contributed by atoms with van der Waals surface area (Å²) in [6.07, 6.45) is 4.06. The van der Waals surface area contributed by atoms with E-state index in [4.69, 9.17) is 0 Å². The lowest BCUT2D eigenvalue weighted by Gasteiger charge is -2.10. The smallest absolute Gasteiger partial charge is 0.229 e. The molecular weight excluding hydrogens is 407 g/mol. The molecule has 4 N–H and O–H groups in total. The highest BCUT2D eigenvalue weighted by molar-refractivity contribution is 5.85. The molecule has 0 unspecified atom stereocenters. The van der Waals surface area contributed by atoms with Crippen LogP contribution in [0.1, 0.15) is 24.1 Å². The number of nitrogens with one attached hydrogen (secondary N) is 4. The molecule has 2 aromatic carbocycles. The van der Waals surface area contributed by atoms with Crippen LogP contribution in [0, 0.1) is 12.7 Å². The maximum atomic E-state index is 14.9. The van der Waals surface area contributed by atoms with Gasteiger partial charge in [0, 0.05) is 34.5 Å². The molecule has 8 heteroatoms. The van der Waals surface area contributed by atoms with Gasteiger partial charge >= 0.3 is 0 Å². The Balaban J connectivity index is 1.30. The van der Waals surface area contributed by atoms with Gasteiger partial charge in [0.15, 0.2) is 5.82 Å². The summed E-state index contributed by atoms with van der Waals surface area (Å²) in [5.41, 5.74) is 3.66. The maximum absolute atomic E-state index is 14.9. The van der Waals surface area contributed by atoms with Crippen molar-refractivity contribution in [2.75, 3.05) is 10.6 Å². The van der Waals surface area contributed by atoms with Crippen LogP contribution in [0.5, 0.6) is 0 Å². The number of nitrogens with zero attached hydrogens (tertiary/aromatic N) is 2. The van der Waals surface area contributed by atoms with Crippen molar-refractivity contribution in [2.45, 2.75) is 32.2 Å². The van der Waals surface area contributed by atoms with Gasteiger partial charge in [-0.05, 0) is 61.7 Å². The van der Waals surface area contributed by atoms with Crippen LogP contribution in [-0.4, -0.2) is 26.9 Å². The third-order valence-electron chi connectivity index (χ3n) is 5.28. The summed E-state index contributed by atoms with van der Waals surface area (Å²) < 4.78 is 14.9. The van der Waals surface area contributed by atoms with Gasteiger partial charge in [0.2, 0.25) is 11.9 Å². The number of benzene rings is 2. The van der Waals surface area contributed by atoms with Gasteiger partial charge in [0.05, 0.1) is 12.1 Å². The average molecular weight is 430 g/mol. The van der Waals surface area contributed by atoms with Crippen LogP contribution in [0.25, 0.3) is 10.9 Å². The van der Waals surface area contributed by atoms with Crippen molar-refractivity contribution < 1.29 is 9.18 Å². The number of carbonyl (C=O) groups excluding carboxylic acids is 1. The first kappa shape index (κ1) is 20.0. The van der Waals surface area contributed by atoms with Crippen LogP contribution in [0.15, 0.2) is 54.7 Å². The average Bonchev–Trinajstić information content (AvgIpc) is 3.48. The van der Waals surface area contributed by atoms with Crippen molar-refractivity contribution in [1.29, 1.82) is 0 Å². The molecule has 0 saturated heterocycles. The van der Waals surface area contributed by atoms with E-state index < -0.39 is 0 Å². The Morgan fingerprint density at radius 2 is 2.03 bits per heavy atom. The van der Waals surface area contributed by atoms with E-state index in [9.17, 15) is 9.18 Å². The Bertz CT molecular complexity index is 1300. The van der Waals surface area contributed by atoms with Crippen molar-refractivity contribution in [2.24, 2.45) is 0 Å². The van der Waals surface area contributed by atoms with Gasteiger partial charge in [-0.15, -0.1) is 0 Å². The van der Waals surface area contributed by atoms with Gasteiger partial charge in [-0.1, -0.05) is 12.1 Å². The largest absolute Gasteiger partial charge is 0.359 e. The molecule has 2 heterocycles. The zero-order chi connectivity index (χ0) is 22.1. The second-order valence-electron chi connectivity index (χ2n) is 8.08. The molecule has 0 bridgehead atoms. The SMILES string of the molecule is Cc1cc2c(F)c(Nc3ccnc(Nc4cccc(CC(=O)NC5CC5)c4)n3)ccc2[nH]1. The number of hydrogen-bond donors (Lipinski definition) is 4. The first-order valence-electron chi connectivity index (χ1n) is 10.6. The number of aromatic amines is 1. The van der Waals surface area contributed by atoms with Crippen molar-refractivity contribution >= 4 is 40.0 Å². The lowest BCUT2D eigenvalue weighted by molar-refractivity contribution is -0.120. The number of hydrogen-bond acceptors (Lipinski definition) is 5. The Hall–Kier alpha value is -3.94. The van der Waals surface area contributed by atoms with Crippen LogP contribution in [-0.2, 0) is 11.2 Å². The van der Waals surface area contributed by atoms with E-state index in [-0.39, 0.29) is 11.7 Å². The van der Waals surface area contributed by atoms with Crippen molar-refractivity contribution in [1.82, 2.24) is 20.3 Å². The number of rotatable bonds is 7. The van der Waals surface area contributed by atoms with E-state index in [1.165, 1.54) is 0 Å². The monoisotopic (exact) mass is 430 g/mol. The second-order valence-corrected chi connectivity index (χ2v) is 8.08. The van der Waals surface area contributed by atoms with Gasteiger partial charge in [-0.3, -0.25) is 4.79 Å². The van der Waals surface area contributed by atoms with Crippen molar-refractivity contribution in [3.63, 3.8) is 0 Å². The Morgan fingerprint density at radius 1 is 1.16 bits per heavy atom. The predicted octanol–water partition coefficient (Wildman–Crippen LogP) is 4.71. The number of fused-ring (bicyclic) bond motifs is 1. The van der Waals surface area contributed by atoms with E-state index in [0.717, 1.165) is 35.3 Å². The van der Waals surface area contributed by atoms with Gasteiger partial charge < -0.3 is 20.9 Å². The number of anilines is 4. The van der Waals surface area contributed by atoms with E-state index >= 15 is 0 Å². The summed E-state index contributed by atoms with van der Waals surface area (Å²) in [4.78, 5) is 23.9. The quantitative estimate of drug-likeness (QED) is 0.341. The van der Waals surface area contributed by atoms with Crippen molar-refractivity contribution in [3.8, 4) is 0 Å². The second kappa shape index (κ2) is 8.30. The predicted molar refractivity (Wildman–Crippen MR) is 123 cm³/mol. The molecule has 2 aromatic heterocycles. The summed E-state index contributed by atoms with van der Waals surface area (Å²) in [5, 5.41) is 9.70. The molecule has 0 atom stereocenters. The third kappa shape index (κ3) is 4.54. The summed E-state index contributed by atoms with van der Waals surface area (Å²) >= 11 is 0. The number of amides is 1. The lowest BCUT2D eigenvalue weighted by atomic mass is 10.1. The molecule has 1 aliphatic carbocycles. The highest BCUT2D eigenvalue weighted by atomic mass is 19.1. The minimum atomic E-state index is -0.336. The van der Waals surface area contributed by atoms with Crippen LogP contribution < -0.4 is 16.0 Å². The number of H-pyrrole nitrogens is 1. The molecule has 162 valence electrons. The maximum Gasteiger partial charge on any atom is 0.229 e. The van der Waals surface area contributed by atoms with E-state index in [2.05, 4.69) is 30.9 Å². The number of carbonyl (C=O) groups is 1. The van der Waals surface area contributed by atoms with E-state index in [0.29, 0.717) is 35.3 Å². The molecule has 1 fully saturated rings. The fourth-order valence-corrected chi connectivity index (χ4v) is 3.61. The molecule has 1 saturated carbocycles. The number of aryl methyl sites for hydroxylation is 1. The zero-order valence-electron chi connectivity index (χ0n) is 17.6. The highest BCUT2D eigenvalue weighted by Gasteiger charge is 2.23. The lowest BCUT2D eigenvalue weighted by Crippen LogP contribution is -2.26. The Labute approximate surface area is 184 Å². The van der Waals surface area contributed by atoms with Gasteiger partial charge in [-0.25, -0.2) is 9.37 Å². The zero-order valence-corrected chi connectivity index (χ0v) is 17.6. The molecule has 5 rings (SSSR count). The summed E-state index contributed by atoms with van der Waals surface area (Å²) in [5.74, 6) is 0.530. The van der Waals surface area contributed by atoms with E-state index in [1.54, 1.807) is 24.4 Å². The first-order chi connectivity index (χ1) is 15.5. The van der Waals surface area contributed by atoms with Crippen LogP contribution >= 0.6 is 0 Å². The van der Waals surface area contributed by atoms with Crippen LogP contribution in [0.2, 0.25) is 0 Å². The first-order valence-corrected chi connectivity index (χ1v) is 10.6. The van der Waals surface area contributed by atoms with Crippen LogP contribution in [0.4, 0.5) is 27.5 Å². The Kier molecular flexibility index (Phi) is 5.18. The highest BCUT2D eigenvalue weighted by Crippen LogP contribution is 2.27. The fourth-order valence-electron chi connectivity index (χ4n) is 3.61. The topological polar surface area (TPSA) is 94.7 Å². The molecule has 7 nitrogen and oxygen atoms in total.